The maximum Gasteiger partial charge on any atom is 0.261 e. The monoisotopic (exact) mass is 381 g/mol. The highest BCUT2D eigenvalue weighted by Gasteiger charge is 2.15. The molecule has 1 N–H and O–H groups in total. The smallest absolute Gasteiger partial charge is 0.261 e. The normalized spacial score (nSPS) is 11.8. The van der Waals surface area contributed by atoms with Crippen LogP contribution in [-0.2, 0) is 11.3 Å². The minimum Gasteiger partial charge on any atom is -0.480 e. The molecule has 5 heteroatoms. The molecule has 0 fully saturated rings. The average Bonchev–Trinajstić information content (AvgIpc) is 2.49. The van der Waals surface area contributed by atoms with Crippen LogP contribution < -0.4 is 10.1 Å². The van der Waals surface area contributed by atoms with Crippen LogP contribution in [0.5, 0.6) is 5.75 Å². The van der Waals surface area contributed by atoms with Gasteiger partial charge in [0.05, 0.1) is 4.47 Å². The molecule has 0 saturated carbocycles. The largest absolute Gasteiger partial charge is 0.480 e. The number of nitrogens with one attached hydrogen (secondary N) is 1. The van der Waals surface area contributed by atoms with Crippen LogP contribution in [0.4, 0.5) is 0 Å². The summed E-state index contributed by atoms with van der Waals surface area (Å²) in [6.07, 6.45) is -0.595. The third-order valence-electron chi connectivity index (χ3n) is 3.15. The summed E-state index contributed by atoms with van der Waals surface area (Å²) in [5, 5.41) is 3.47. The molecule has 1 atom stereocenters. The summed E-state index contributed by atoms with van der Waals surface area (Å²) in [6.45, 7) is 4.22. The number of benzene rings is 2. The molecule has 0 radical (unpaired) electrons. The molecule has 1 amide bonds. The average molecular weight is 383 g/mol. The first-order valence-corrected chi connectivity index (χ1v) is 8.08. The first kappa shape index (κ1) is 16.8. The second-order valence-electron chi connectivity index (χ2n) is 5.04. The van der Waals surface area contributed by atoms with Gasteiger partial charge in [-0.15, -0.1) is 0 Å². The Bertz CT molecular complexity index is 658. The van der Waals surface area contributed by atoms with Gasteiger partial charge in [0.2, 0.25) is 0 Å². The fraction of sp³-hybridized carbons (Fsp3) is 0.235. The fourth-order valence-corrected chi connectivity index (χ4v) is 2.63. The van der Waals surface area contributed by atoms with Crippen LogP contribution in [0.25, 0.3) is 0 Å². The van der Waals surface area contributed by atoms with Gasteiger partial charge in [0.15, 0.2) is 6.10 Å². The third kappa shape index (κ3) is 4.75. The number of ether oxygens (including phenoxy) is 1. The van der Waals surface area contributed by atoms with Crippen molar-refractivity contribution in [3.05, 3.63) is 63.1 Å². The fourth-order valence-electron chi connectivity index (χ4n) is 1.85. The molecule has 3 nitrogen and oxygen atoms in total. The minimum atomic E-state index is -0.595. The topological polar surface area (TPSA) is 38.3 Å². The van der Waals surface area contributed by atoms with Gasteiger partial charge in [0.25, 0.3) is 5.91 Å². The number of halogens is 2. The second kappa shape index (κ2) is 7.65. The molecule has 0 bridgehead atoms. The summed E-state index contributed by atoms with van der Waals surface area (Å²) in [5.74, 6) is 0.421. The van der Waals surface area contributed by atoms with Crippen LogP contribution in [0, 0.1) is 6.92 Å². The van der Waals surface area contributed by atoms with Gasteiger partial charge >= 0.3 is 0 Å². The van der Waals surface area contributed by atoms with Gasteiger partial charge in [-0.3, -0.25) is 4.79 Å². The van der Waals surface area contributed by atoms with Crippen LogP contribution in [0.1, 0.15) is 18.1 Å². The van der Waals surface area contributed by atoms with Crippen molar-refractivity contribution < 1.29 is 9.53 Å². The highest BCUT2D eigenvalue weighted by Crippen LogP contribution is 2.28. The molecule has 116 valence electrons. The maximum absolute atomic E-state index is 12.1. The van der Waals surface area contributed by atoms with Crippen molar-refractivity contribution in [1.29, 1.82) is 0 Å². The minimum absolute atomic E-state index is 0.164. The highest BCUT2D eigenvalue weighted by molar-refractivity contribution is 9.10. The zero-order valence-electron chi connectivity index (χ0n) is 12.4. The predicted molar refractivity (Wildman–Crippen MR) is 92.3 cm³/mol. The summed E-state index contributed by atoms with van der Waals surface area (Å²) >= 11 is 9.25. The van der Waals surface area contributed by atoms with Crippen molar-refractivity contribution in [1.82, 2.24) is 5.32 Å². The Morgan fingerprint density at radius 2 is 1.95 bits per heavy atom. The molecule has 0 aliphatic rings. The predicted octanol–water partition coefficient (Wildman–Crippen LogP) is 4.49. The first-order chi connectivity index (χ1) is 10.5. The number of amides is 1. The Morgan fingerprint density at radius 1 is 1.27 bits per heavy atom. The number of hydrogen-bond acceptors (Lipinski definition) is 2. The van der Waals surface area contributed by atoms with Crippen molar-refractivity contribution in [2.45, 2.75) is 26.5 Å². The van der Waals surface area contributed by atoms with Crippen LogP contribution in [-0.4, -0.2) is 12.0 Å². The first-order valence-electron chi connectivity index (χ1n) is 6.90. The zero-order chi connectivity index (χ0) is 16.1. The molecular formula is C17H17BrClNO2. The van der Waals surface area contributed by atoms with E-state index in [1.165, 1.54) is 5.56 Å². The molecule has 0 saturated heterocycles. The van der Waals surface area contributed by atoms with Crippen molar-refractivity contribution in [2.24, 2.45) is 0 Å². The van der Waals surface area contributed by atoms with E-state index in [-0.39, 0.29) is 5.91 Å². The number of carbonyl (C=O) groups is 1. The second-order valence-corrected chi connectivity index (χ2v) is 6.33. The van der Waals surface area contributed by atoms with Crippen LogP contribution >= 0.6 is 27.5 Å². The van der Waals surface area contributed by atoms with Crippen LogP contribution in [0.3, 0.4) is 0 Å². The summed E-state index contributed by atoms with van der Waals surface area (Å²) in [6, 6.07) is 13.2. The number of aryl methyl sites for hydroxylation is 1. The third-order valence-corrected chi connectivity index (χ3v) is 4.01. The Balaban J connectivity index is 1.90. The van der Waals surface area contributed by atoms with Gasteiger partial charge in [-0.05, 0) is 53.5 Å². The maximum atomic E-state index is 12.1. The van der Waals surface area contributed by atoms with Gasteiger partial charge in [-0.2, -0.15) is 0 Å². The van der Waals surface area contributed by atoms with E-state index in [2.05, 4.69) is 21.2 Å². The molecule has 0 aliphatic heterocycles. The molecule has 2 rings (SSSR count). The molecule has 0 spiro atoms. The van der Waals surface area contributed by atoms with Gasteiger partial charge in [-0.25, -0.2) is 0 Å². The Kier molecular flexibility index (Phi) is 5.86. The molecular weight excluding hydrogens is 366 g/mol. The lowest BCUT2D eigenvalue weighted by Crippen LogP contribution is -2.35. The van der Waals surface area contributed by atoms with Gasteiger partial charge in [-0.1, -0.05) is 41.4 Å². The molecule has 22 heavy (non-hydrogen) atoms. The molecule has 2 aromatic carbocycles. The summed E-state index contributed by atoms with van der Waals surface area (Å²) < 4.78 is 6.37. The summed E-state index contributed by atoms with van der Waals surface area (Å²) in [5.41, 5.74) is 2.25. The van der Waals surface area contributed by atoms with E-state index in [0.717, 1.165) is 10.0 Å². The summed E-state index contributed by atoms with van der Waals surface area (Å²) in [7, 11) is 0. The molecule has 1 unspecified atom stereocenters. The number of hydrogen-bond donors (Lipinski definition) is 1. The molecule has 0 aliphatic carbocycles. The van der Waals surface area contributed by atoms with Crippen molar-refractivity contribution >= 4 is 33.4 Å². The number of rotatable bonds is 5. The SMILES string of the molecule is Cc1ccc(CNC(=O)C(C)Oc2ccc(Cl)cc2Br)cc1. The van der Waals surface area contributed by atoms with Crippen LogP contribution in [0.15, 0.2) is 46.9 Å². The summed E-state index contributed by atoms with van der Waals surface area (Å²) in [4.78, 5) is 12.1. The van der Waals surface area contributed by atoms with E-state index in [1.54, 1.807) is 25.1 Å². The van der Waals surface area contributed by atoms with Gasteiger partial charge in [0.1, 0.15) is 5.75 Å². The lowest BCUT2D eigenvalue weighted by Gasteiger charge is -2.16. The Hall–Kier alpha value is -1.52. The lowest BCUT2D eigenvalue weighted by atomic mass is 10.1. The van der Waals surface area contributed by atoms with E-state index >= 15 is 0 Å². The molecule has 0 aromatic heterocycles. The standard InChI is InChI=1S/C17H17BrClNO2/c1-11-3-5-13(6-4-11)10-20-17(21)12(2)22-16-8-7-14(19)9-15(16)18/h3-9,12H,10H2,1-2H3,(H,20,21). The zero-order valence-corrected chi connectivity index (χ0v) is 14.7. The number of carbonyl (C=O) groups excluding carboxylic acids is 1. The Labute approximate surface area is 143 Å². The lowest BCUT2D eigenvalue weighted by molar-refractivity contribution is -0.127. The molecule has 0 heterocycles. The molecule has 2 aromatic rings. The van der Waals surface area contributed by atoms with E-state index in [0.29, 0.717) is 17.3 Å². The van der Waals surface area contributed by atoms with Crippen molar-refractivity contribution in [3.63, 3.8) is 0 Å². The Morgan fingerprint density at radius 3 is 2.59 bits per heavy atom. The van der Waals surface area contributed by atoms with Crippen LogP contribution in [0.2, 0.25) is 5.02 Å². The van der Waals surface area contributed by atoms with Gasteiger partial charge < -0.3 is 10.1 Å². The van der Waals surface area contributed by atoms with Crippen molar-refractivity contribution in [3.8, 4) is 5.75 Å². The van der Waals surface area contributed by atoms with Gasteiger partial charge in [0, 0.05) is 11.6 Å². The van der Waals surface area contributed by atoms with E-state index in [4.69, 9.17) is 16.3 Å². The van der Waals surface area contributed by atoms with E-state index in [9.17, 15) is 4.79 Å². The quantitative estimate of drug-likeness (QED) is 0.827. The highest BCUT2D eigenvalue weighted by atomic mass is 79.9. The van der Waals surface area contributed by atoms with E-state index < -0.39 is 6.10 Å². The van der Waals surface area contributed by atoms with Crippen molar-refractivity contribution in [2.75, 3.05) is 0 Å². The van der Waals surface area contributed by atoms with E-state index in [1.807, 2.05) is 31.2 Å².